The minimum absolute atomic E-state index is 0.766. The number of ether oxygens (including phenoxy) is 1. The minimum Gasteiger partial charge on any atom is -0.399 e. The van der Waals surface area contributed by atoms with Crippen molar-refractivity contribution in [2.45, 2.75) is 6.54 Å². The van der Waals surface area contributed by atoms with Gasteiger partial charge in [0.1, 0.15) is 0 Å². The highest BCUT2D eigenvalue weighted by molar-refractivity contribution is 6.31. The summed E-state index contributed by atoms with van der Waals surface area (Å²) in [4.78, 5) is 2.32. The first kappa shape index (κ1) is 10.7. The number of nitrogens with two attached hydrogens (primary N) is 1. The Balaban J connectivity index is 2.05. The van der Waals surface area contributed by atoms with Crippen LogP contribution < -0.4 is 5.73 Å². The van der Waals surface area contributed by atoms with Crippen LogP contribution in [0.4, 0.5) is 5.69 Å². The van der Waals surface area contributed by atoms with Crippen molar-refractivity contribution >= 4 is 17.3 Å². The molecule has 2 rings (SSSR count). The number of hydrogen-bond donors (Lipinski definition) is 1. The van der Waals surface area contributed by atoms with E-state index in [2.05, 4.69) is 4.90 Å². The maximum atomic E-state index is 6.10. The predicted octanol–water partition coefficient (Wildman–Crippen LogP) is 1.75. The molecule has 0 atom stereocenters. The van der Waals surface area contributed by atoms with Gasteiger partial charge in [-0.2, -0.15) is 0 Å². The summed E-state index contributed by atoms with van der Waals surface area (Å²) >= 11 is 6.10. The van der Waals surface area contributed by atoms with Crippen LogP contribution in [0.5, 0.6) is 0 Å². The molecule has 1 aromatic carbocycles. The maximum Gasteiger partial charge on any atom is 0.0594 e. The summed E-state index contributed by atoms with van der Waals surface area (Å²) in [7, 11) is 0. The standard InChI is InChI=1S/C11H15ClN2O/c12-11-2-1-10(13)7-9(11)8-14-3-5-15-6-4-14/h1-2,7H,3-6,8,13H2. The minimum atomic E-state index is 0.766. The lowest BCUT2D eigenvalue weighted by atomic mass is 10.2. The second-order valence-corrected chi connectivity index (χ2v) is 4.15. The van der Waals surface area contributed by atoms with Gasteiger partial charge < -0.3 is 10.5 Å². The van der Waals surface area contributed by atoms with Crippen molar-refractivity contribution in [3.05, 3.63) is 28.8 Å². The lowest BCUT2D eigenvalue weighted by Gasteiger charge is -2.26. The number of halogens is 1. The number of nitrogens with zero attached hydrogens (tertiary/aromatic N) is 1. The summed E-state index contributed by atoms with van der Waals surface area (Å²) in [5, 5.41) is 0.788. The van der Waals surface area contributed by atoms with Crippen molar-refractivity contribution in [2.75, 3.05) is 32.0 Å². The number of anilines is 1. The maximum absolute atomic E-state index is 6.10. The molecule has 1 aliphatic heterocycles. The molecule has 1 saturated heterocycles. The molecular weight excluding hydrogens is 212 g/mol. The Morgan fingerprint density at radius 1 is 1.33 bits per heavy atom. The quantitative estimate of drug-likeness (QED) is 0.781. The van der Waals surface area contributed by atoms with Crippen LogP contribution in [0, 0.1) is 0 Å². The Morgan fingerprint density at radius 2 is 2.07 bits per heavy atom. The molecule has 0 bridgehead atoms. The lowest BCUT2D eigenvalue weighted by molar-refractivity contribution is 0.0342. The van der Waals surface area contributed by atoms with E-state index in [-0.39, 0.29) is 0 Å². The van der Waals surface area contributed by atoms with Crippen LogP contribution in [0.1, 0.15) is 5.56 Å². The van der Waals surface area contributed by atoms with Crippen LogP contribution in [0.25, 0.3) is 0 Å². The van der Waals surface area contributed by atoms with Gasteiger partial charge in [-0.1, -0.05) is 11.6 Å². The van der Waals surface area contributed by atoms with Gasteiger partial charge in [0, 0.05) is 30.3 Å². The third kappa shape index (κ3) is 2.84. The first-order valence-electron chi connectivity index (χ1n) is 5.10. The molecule has 0 radical (unpaired) electrons. The normalized spacial score (nSPS) is 17.9. The SMILES string of the molecule is Nc1ccc(Cl)c(CN2CCOCC2)c1. The molecule has 0 saturated carbocycles. The molecular formula is C11H15ClN2O. The van der Waals surface area contributed by atoms with Gasteiger partial charge in [0.2, 0.25) is 0 Å². The van der Waals surface area contributed by atoms with E-state index < -0.39 is 0 Å². The highest BCUT2D eigenvalue weighted by atomic mass is 35.5. The third-order valence-electron chi connectivity index (χ3n) is 2.57. The molecule has 4 heteroatoms. The van der Waals surface area contributed by atoms with Gasteiger partial charge in [-0.15, -0.1) is 0 Å². The molecule has 1 fully saturated rings. The van der Waals surface area contributed by atoms with Crippen LogP contribution in [-0.4, -0.2) is 31.2 Å². The van der Waals surface area contributed by atoms with Gasteiger partial charge >= 0.3 is 0 Å². The molecule has 1 aliphatic rings. The second kappa shape index (κ2) is 4.84. The Bertz CT molecular complexity index is 337. The lowest BCUT2D eigenvalue weighted by Crippen LogP contribution is -2.35. The fourth-order valence-electron chi connectivity index (χ4n) is 1.72. The van der Waals surface area contributed by atoms with Gasteiger partial charge in [0.05, 0.1) is 13.2 Å². The summed E-state index contributed by atoms with van der Waals surface area (Å²) in [5.74, 6) is 0. The monoisotopic (exact) mass is 226 g/mol. The van der Waals surface area contributed by atoms with Gasteiger partial charge in [-0.25, -0.2) is 0 Å². The Morgan fingerprint density at radius 3 is 2.80 bits per heavy atom. The zero-order valence-electron chi connectivity index (χ0n) is 8.58. The van der Waals surface area contributed by atoms with Crippen LogP contribution in [0.3, 0.4) is 0 Å². The summed E-state index contributed by atoms with van der Waals surface area (Å²) < 4.78 is 5.29. The van der Waals surface area contributed by atoms with Gasteiger partial charge in [0.25, 0.3) is 0 Å². The van der Waals surface area contributed by atoms with Crippen LogP contribution in [0.15, 0.2) is 18.2 Å². The van der Waals surface area contributed by atoms with Gasteiger partial charge in [-0.3, -0.25) is 4.90 Å². The average molecular weight is 227 g/mol. The van der Waals surface area contributed by atoms with E-state index in [4.69, 9.17) is 22.1 Å². The van der Waals surface area contributed by atoms with E-state index in [1.807, 2.05) is 18.2 Å². The van der Waals surface area contributed by atoms with E-state index >= 15 is 0 Å². The van der Waals surface area contributed by atoms with Crippen molar-refractivity contribution in [3.63, 3.8) is 0 Å². The summed E-state index contributed by atoms with van der Waals surface area (Å²) in [6.07, 6.45) is 0. The average Bonchev–Trinajstić information content (AvgIpc) is 2.25. The molecule has 0 unspecified atom stereocenters. The topological polar surface area (TPSA) is 38.5 Å². The van der Waals surface area contributed by atoms with Crippen LogP contribution >= 0.6 is 11.6 Å². The van der Waals surface area contributed by atoms with Crippen molar-refractivity contribution in [1.82, 2.24) is 4.90 Å². The van der Waals surface area contributed by atoms with Gasteiger partial charge in [0.15, 0.2) is 0 Å². The molecule has 3 nitrogen and oxygen atoms in total. The van der Waals surface area contributed by atoms with E-state index in [1.54, 1.807) is 0 Å². The molecule has 0 amide bonds. The Labute approximate surface area is 94.8 Å². The fourth-order valence-corrected chi connectivity index (χ4v) is 1.89. The second-order valence-electron chi connectivity index (χ2n) is 3.74. The molecule has 82 valence electrons. The molecule has 1 heterocycles. The van der Waals surface area contributed by atoms with Crippen molar-refractivity contribution < 1.29 is 4.74 Å². The van der Waals surface area contributed by atoms with Crippen molar-refractivity contribution in [1.29, 1.82) is 0 Å². The molecule has 0 aromatic heterocycles. The number of hydrogen-bond acceptors (Lipinski definition) is 3. The molecule has 0 aliphatic carbocycles. The smallest absolute Gasteiger partial charge is 0.0594 e. The first-order chi connectivity index (χ1) is 7.25. The van der Waals surface area contributed by atoms with Gasteiger partial charge in [-0.05, 0) is 23.8 Å². The largest absolute Gasteiger partial charge is 0.399 e. The summed E-state index contributed by atoms with van der Waals surface area (Å²) in [6.45, 7) is 4.39. The van der Waals surface area contributed by atoms with E-state index in [9.17, 15) is 0 Å². The Kier molecular flexibility index (Phi) is 3.46. The third-order valence-corrected chi connectivity index (χ3v) is 2.94. The van der Waals surface area contributed by atoms with Crippen LogP contribution in [-0.2, 0) is 11.3 Å². The molecule has 15 heavy (non-hydrogen) atoms. The zero-order chi connectivity index (χ0) is 10.7. The van der Waals surface area contributed by atoms with E-state index in [0.717, 1.165) is 49.1 Å². The number of nitrogen functional groups attached to an aromatic ring is 1. The van der Waals surface area contributed by atoms with Crippen molar-refractivity contribution in [2.24, 2.45) is 0 Å². The summed E-state index contributed by atoms with van der Waals surface area (Å²) in [6, 6.07) is 5.62. The number of benzene rings is 1. The molecule has 1 aromatic rings. The van der Waals surface area contributed by atoms with E-state index in [0.29, 0.717) is 0 Å². The molecule has 2 N–H and O–H groups in total. The molecule has 0 spiro atoms. The number of rotatable bonds is 2. The fraction of sp³-hybridized carbons (Fsp3) is 0.455. The zero-order valence-corrected chi connectivity index (χ0v) is 9.33. The summed E-state index contributed by atoms with van der Waals surface area (Å²) in [5.41, 5.74) is 7.59. The predicted molar refractivity (Wildman–Crippen MR) is 62.0 cm³/mol. The van der Waals surface area contributed by atoms with Crippen LogP contribution in [0.2, 0.25) is 5.02 Å². The Hall–Kier alpha value is -0.770. The van der Waals surface area contributed by atoms with E-state index in [1.165, 1.54) is 0 Å². The van der Waals surface area contributed by atoms with Crippen molar-refractivity contribution in [3.8, 4) is 0 Å². The number of morpholine rings is 1. The highest BCUT2D eigenvalue weighted by Crippen LogP contribution is 2.20. The highest BCUT2D eigenvalue weighted by Gasteiger charge is 2.12. The first-order valence-corrected chi connectivity index (χ1v) is 5.47.